The second-order valence-corrected chi connectivity index (χ2v) is 9.49. The average molecular weight is 432 g/mol. The molecule has 0 spiro atoms. The molecule has 1 fully saturated rings. The first-order chi connectivity index (χ1) is 14.6. The number of methoxy groups -OCH3 is 1. The van der Waals surface area contributed by atoms with Gasteiger partial charge in [-0.2, -0.15) is 0 Å². The summed E-state index contributed by atoms with van der Waals surface area (Å²) >= 11 is 0. The van der Waals surface area contributed by atoms with E-state index in [2.05, 4.69) is 22.3 Å². The Bertz CT molecular complexity index is 740. The van der Waals surface area contributed by atoms with E-state index in [0.29, 0.717) is 25.9 Å². The molecule has 7 nitrogen and oxygen atoms in total. The molecule has 0 aliphatic carbocycles. The standard InChI is InChI=1S/C24H37N3O4/c1-18(2)15-20(23(30)31-5)25-21(28)16-24(3,4)17-22(29)27-13-11-26(12-14-27)19-9-7-6-8-10-19/h6-10,18,20H,11-17H2,1-5H3,(H,25,28). The molecule has 0 radical (unpaired) electrons. The minimum Gasteiger partial charge on any atom is -0.467 e. The zero-order valence-electron chi connectivity index (χ0n) is 19.5. The molecule has 2 amide bonds. The molecule has 1 unspecified atom stereocenters. The van der Waals surface area contributed by atoms with Crippen LogP contribution >= 0.6 is 0 Å². The highest BCUT2D eigenvalue weighted by molar-refractivity contribution is 5.85. The van der Waals surface area contributed by atoms with E-state index in [1.54, 1.807) is 0 Å². The van der Waals surface area contributed by atoms with E-state index in [4.69, 9.17) is 4.74 Å². The predicted molar refractivity (Wildman–Crippen MR) is 122 cm³/mol. The van der Waals surface area contributed by atoms with Crippen molar-refractivity contribution >= 4 is 23.5 Å². The molecule has 1 aliphatic rings. The minimum absolute atomic E-state index is 0.0669. The maximum absolute atomic E-state index is 12.9. The van der Waals surface area contributed by atoms with Gasteiger partial charge < -0.3 is 19.9 Å². The fourth-order valence-corrected chi connectivity index (χ4v) is 3.94. The monoisotopic (exact) mass is 431 g/mol. The summed E-state index contributed by atoms with van der Waals surface area (Å²) in [4.78, 5) is 41.6. The van der Waals surface area contributed by atoms with E-state index in [0.717, 1.165) is 13.1 Å². The number of esters is 1. The maximum atomic E-state index is 12.9. The third kappa shape index (κ3) is 7.89. The first kappa shape index (κ1) is 24.7. The van der Waals surface area contributed by atoms with E-state index in [1.807, 2.05) is 50.8 Å². The number of hydrogen-bond donors (Lipinski definition) is 1. The summed E-state index contributed by atoms with van der Waals surface area (Å²) in [5, 5.41) is 2.79. The van der Waals surface area contributed by atoms with Gasteiger partial charge in [0.1, 0.15) is 6.04 Å². The first-order valence-corrected chi connectivity index (χ1v) is 11.1. The fourth-order valence-electron chi connectivity index (χ4n) is 3.94. The van der Waals surface area contributed by atoms with Gasteiger partial charge in [0.25, 0.3) is 0 Å². The molecule has 1 aliphatic heterocycles. The number of ether oxygens (including phenoxy) is 1. The Morgan fingerprint density at radius 3 is 2.19 bits per heavy atom. The molecule has 1 atom stereocenters. The average Bonchev–Trinajstić information content (AvgIpc) is 2.72. The van der Waals surface area contributed by atoms with Crippen molar-refractivity contribution in [2.75, 3.05) is 38.2 Å². The van der Waals surface area contributed by atoms with Crippen LogP contribution in [-0.4, -0.2) is 62.0 Å². The van der Waals surface area contributed by atoms with E-state index in [-0.39, 0.29) is 24.2 Å². The molecule has 172 valence electrons. The number of rotatable bonds is 9. The van der Waals surface area contributed by atoms with Crippen molar-refractivity contribution in [3.8, 4) is 0 Å². The Labute approximate surface area is 186 Å². The number of piperazine rings is 1. The van der Waals surface area contributed by atoms with Crippen LogP contribution in [0.3, 0.4) is 0 Å². The molecular formula is C24H37N3O4. The quantitative estimate of drug-likeness (QED) is 0.608. The normalized spacial score (nSPS) is 15.5. The van der Waals surface area contributed by atoms with Crippen LogP contribution in [0.2, 0.25) is 0 Å². The van der Waals surface area contributed by atoms with Crippen molar-refractivity contribution in [2.24, 2.45) is 11.3 Å². The minimum atomic E-state index is -0.657. The van der Waals surface area contributed by atoms with Gasteiger partial charge in [-0.05, 0) is 29.9 Å². The van der Waals surface area contributed by atoms with E-state index in [1.165, 1.54) is 12.8 Å². The molecule has 0 aromatic heterocycles. The Morgan fingerprint density at radius 2 is 1.65 bits per heavy atom. The second-order valence-electron chi connectivity index (χ2n) is 9.49. The van der Waals surface area contributed by atoms with Gasteiger partial charge in [-0.25, -0.2) is 4.79 Å². The lowest BCUT2D eigenvalue weighted by Gasteiger charge is -2.37. The first-order valence-electron chi connectivity index (χ1n) is 11.1. The Hall–Kier alpha value is -2.57. The third-order valence-electron chi connectivity index (χ3n) is 5.55. The molecule has 2 rings (SSSR count). The van der Waals surface area contributed by atoms with Crippen LogP contribution < -0.4 is 10.2 Å². The molecule has 1 aromatic rings. The van der Waals surface area contributed by atoms with Gasteiger partial charge in [0.15, 0.2) is 0 Å². The number of anilines is 1. The zero-order valence-corrected chi connectivity index (χ0v) is 19.5. The summed E-state index contributed by atoms with van der Waals surface area (Å²) in [6.45, 7) is 10.8. The lowest BCUT2D eigenvalue weighted by molar-refractivity contribution is -0.146. The highest BCUT2D eigenvalue weighted by atomic mass is 16.5. The largest absolute Gasteiger partial charge is 0.467 e. The molecule has 1 N–H and O–H groups in total. The lowest BCUT2D eigenvalue weighted by Crippen LogP contribution is -2.49. The second kappa shape index (κ2) is 11.2. The SMILES string of the molecule is COC(=O)C(CC(C)C)NC(=O)CC(C)(C)CC(=O)N1CCN(c2ccccc2)CC1. The molecule has 7 heteroatoms. The van der Waals surface area contributed by atoms with Crippen LogP contribution in [0.15, 0.2) is 30.3 Å². The number of benzene rings is 1. The summed E-state index contributed by atoms with van der Waals surface area (Å²) in [7, 11) is 1.32. The Balaban J connectivity index is 1.85. The fraction of sp³-hybridized carbons (Fsp3) is 0.625. The predicted octanol–water partition coefficient (Wildman–Crippen LogP) is 2.85. The van der Waals surface area contributed by atoms with E-state index >= 15 is 0 Å². The van der Waals surface area contributed by atoms with Crippen LogP contribution in [0.5, 0.6) is 0 Å². The summed E-state index contributed by atoms with van der Waals surface area (Å²) < 4.78 is 4.81. The van der Waals surface area contributed by atoms with Gasteiger partial charge in [0.05, 0.1) is 7.11 Å². The topological polar surface area (TPSA) is 78.9 Å². The van der Waals surface area contributed by atoms with Crippen LogP contribution in [0.1, 0.15) is 47.0 Å². The Kier molecular flexibility index (Phi) is 8.89. The van der Waals surface area contributed by atoms with Gasteiger partial charge in [0, 0.05) is 44.7 Å². The number of para-hydroxylation sites is 1. The molecule has 0 bridgehead atoms. The highest BCUT2D eigenvalue weighted by Crippen LogP contribution is 2.27. The van der Waals surface area contributed by atoms with Crippen molar-refractivity contribution in [3.05, 3.63) is 30.3 Å². The van der Waals surface area contributed by atoms with Crippen LogP contribution in [0, 0.1) is 11.3 Å². The van der Waals surface area contributed by atoms with Crippen molar-refractivity contribution in [1.82, 2.24) is 10.2 Å². The number of hydrogen-bond acceptors (Lipinski definition) is 5. The van der Waals surface area contributed by atoms with Gasteiger partial charge in [0.2, 0.25) is 11.8 Å². The molecule has 1 saturated heterocycles. The van der Waals surface area contributed by atoms with Crippen LogP contribution in [-0.2, 0) is 19.1 Å². The number of carbonyl (C=O) groups is 3. The highest BCUT2D eigenvalue weighted by Gasteiger charge is 2.31. The van der Waals surface area contributed by atoms with Crippen molar-refractivity contribution < 1.29 is 19.1 Å². The summed E-state index contributed by atoms with van der Waals surface area (Å²) in [5.74, 6) is -0.360. The molecule has 31 heavy (non-hydrogen) atoms. The van der Waals surface area contributed by atoms with Crippen LogP contribution in [0.4, 0.5) is 5.69 Å². The molecule has 0 saturated carbocycles. The number of amides is 2. The van der Waals surface area contributed by atoms with Crippen molar-refractivity contribution in [3.63, 3.8) is 0 Å². The Morgan fingerprint density at radius 1 is 1.03 bits per heavy atom. The van der Waals surface area contributed by atoms with Crippen molar-refractivity contribution in [2.45, 2.75) is 53.0 Å². The van der Waals surface area contributed by atoms with Gasteiger partial charge in [-0.1, -0.05) is 45.9 Å². The summed E-state index contributed by atoms with van der Waals surface area (Å²) in [6, 6.07) is 9.55. The molecule has 1 heterocycles. The summed E-state index contributed by atoms with van der Waals surface area (Å²) in [6.07, 6.45) is 0.983. The number of nitrogens with one attached hydrogen (secondary N) is 1. The number of carbonyl (C=O) groups excluding carboxylic acids is 3. The van der Waals surface area contributed by atoms with Gasteiger partial charge >= 0.3 is 5.97 Å². The zero-order chi connectivity index (χ0) is 23.0. The van der Waals surface area contributed by atoms with Gasteiger partial charge in [-0.3, -0.25) is 9.59 Å². The van der Waals surface area contributed by atoms with E-state index < -0.39 is 17.4 Å². The summed E-state index contributed by atoms with van der Waals surface area (Å²) in [5.41, 5.74) is 0.670. The van der Waals surface area contributed by atoms with E-state index in [9.17, 15) is 14.4 Å². The smallest absolute Gasteiger partial charge is 0.328 e. The lowest BCUT2D eigenvalue weighted by atomic mass is 9.84. The molecule has 1 aromatic carbocycles. The van der Waals surface area contributed by atoms with Gasteiger partial charge in [-0.15, -0.1) is 0 Å². The maximum Gasteiger partial charge on any atom is 0.328 e. The number of nitrogens with zero attached hydrogens (tertiary/aromatic N) is 2. The van der Waals surface area contributed by atoms with Crippen LogP contribution in [0.25, 0.3) is 0 Å². The third-order valence-corrected chi connectivity index (χ3v) is 5.55. The van der Waals surface area contributed by atoms with Crippen molar-refractivity contribution in [1.29, 1.82) is 0 Å². The molecular weight excluding hydrogens is 394 g/mol.